The molecule has 3 aromatic rings. The molecule has 1 aromatic carbocycles. The van der Waals surface area contributed by atoms with E-state index in [4.69, 9.17) is 4.74 Å². The van der Waals surface area contributed by atoms with Crippen molar-refractivity contribution >= 4 is 10.9 Å². The second kappa shape index (κ2) is 10.6. The van der Waals surface area contributed by atoms with E-state index in [0.717, 1.165) is 53.5 Å². The van der Waals surface area contributed by atoms with E-state index in [2.05, 4.69) is 58.3 Å². The second-order valence-corrected chi connectivity index (χ2v) is 9.33. The standard InChI is InChI=1S/C25H36N6O2/c1-5-8-23(24-27-28-29-31(24)11-12-33-4)30(20-9-6-7-10-20)16-19-15-21-18(3)13-17(2)14-22(21)26-25(19)32/h13-15,20,23H,5-12,16H2,1-4H3,(H,26,32)/t23-/m0/s1. The summed E-state index contributed by atoms with van der Waals surface area (Å²) < 4.78 is 7.13. The van der Waals surface area contributed by atoms with Crippen LogP contribution in [-0.2, 0) is 17.8 Å². The van der Waals surface area contributed by atoms with Crippen molar-refractivity contribution in [1.82, 2.24) is 30.1 Å². The average Bonchev–Trinajstić information content (AvgIpc) is 3.47. The van der Waals surface area contributed by atoms with Crippen LogP contribution in [0.15, 0.2) is 23.0 Å². The van der Waals surface area contributed by atoms with E-state index in [9.17, 15) is 4.79 Å². The number of hydrogen-bond donors (Lipinski definition) is 1. The maximum Gasteiger partial charge on any atom is 0.252 e. The summed E-state index contributed by atoms with van der Waals surface area (Å²) in [5.74, 6) is 0.866. The highest BCUT2D eigenvalue weighted by molar-refractivity contribution is 5.83. The molecule has 1 aliphatic carbocycles. The van der Waals surface area contributed by atoms with E-state index < -0.39 is 0 Å². The number of methoxy groups -OCH3 is 1. The number of fused-ring (bicyclic) bond motifs is 1. The summed E-state index contributed by atoms with van der Waals surface area (Å²) in [4.78, 5) is 18.8. The summed E-state index contributed by atoms with van der Waals surface area (Å²) in [6.07, 6.45) is 6.68. The zero-order valence-electron chi connectivity index (χ0n) is 20.3. The zero-order chi connectivity index (χ0) is 23.4. The lowest BCUT2D eigenvalue weighted by atomic mass is 10.0. The first-order valence-corrected chi connectivity index (χ1v) is 12.2. The number of rotatable bonds is 10. The Morgan fingerprint density at radius 2 is 2.03 bits per heavy atom. The number of ether oxygens (including phenoxy) is 1. The molecule has 1 fully saturated rings. The summed E-state index contributed by atoms with van der Waals surface area (Å²) in [5, 5.41) is 13.8. The van der Waals surface area contributed by atoms with Crippen molar-refractivity contribution in [3.05, 3.63) is 51.1 Å². The number of benzene rings is 1. The fraction of sp³-hybridized carbons (Fsp3) is 0.600. The van der Waals surface area contributed by atoms with E-state index in [1.54, 1.807) is 7.11 Å². The number of H-pyrrole nitrogens is 1. The molecule has 0 bridgehead atoms. The van der Waals surface area contributed by atoms with Gasteiger partial charge in [0.15, 0.2) is 5.82 Å². The first-order chi connectivity index (χ1) is 16.0. The molecule has 0 radical (unpaired) electrons. The molecule has 1 N–H and O–H groups in total. The molecule has 8 heteroatoms. The lowest BCUT2D eigenvalue weighted by Crippen LogP contribution is -2.39. The quantitative estimate of drug-likeness (QED) is 0.499. The van der Waals surface area contributed by atoms with Gasteiger partial charge in [-0.05, 0) is 66.8 Å². The van der Waals surface area contributed by atoms with Crippen LogP contribution in [-0.4, -0.2) is 49.8 Å². The van der Waals surface area contributed by atoms with Gasteiger partial charge in [0.1, 0.15) is 0 Å². The Hall–Kier alpha value is -2.58. The molecule has 2 heterocycles. The van der Waals surface area contributed by atoms with Gasteiger partial charge in [0.25, 0.3) is 5.56 Å². The van der Waals surface area contributed by atoms with E-state index in [1.165, 1.54) is 18.4 Å². The van der Waals surface area contributed by atoms with Crippen molar-refractivity contribution < 1.29 is 4.74 Å². The van der Waals surface area contributed by atoms with Gasteiger partial charge in [-0.15, -0.1) is 5.10 Å². The largest absolute Gasteiger partial charge is 0.383 e. The zero-order valence-corrected chi connectivity index (χ0v) is 20.3. The van der Waals surface area contributed by atoms with Crippen LogP contribution in [0.4, 0.5) is 0 Å². The van der Waals surface area contributed by atoms with Crippen molar-refractivity contribution in [1.29, 1.82) is 0 Å². The highest BCUT2D eigenvalue weighted by Gasteiger charge is 2.33. The first kappa shape index (κ1) is 23.6. The van der Waals surface area contributed by atoms with E-state index in [0.29, 0.717) is 25.7 Å². The molecule has 0 aliphatic heterocycles. The summed E-state index contributed by atoms with van der Waals surface area (Å²) in [5.41, 5.74) is 4.04. The fourth-order valence-corrected chi connectivity index (χ4v) is 5.26. The number of nitrogens with zero attached hydrogens (tertiary/aromatic N) is 5. The Morgan fingerprint density at radius 3 is 2.76 bits per heavy atom. The molecule has 8 nitrogen and oxygen atoms in total. The normalized spacial score (nSPS) is 15.7. The maximum atomic E-state index is 13.1. The molecule has 1 atom stereocenters. The van der Waals surface area contributed by atoms with Gasteiger partial charge in [-0.3, -0.25) is 9.69 Å². The van der Waals surface area contributed by atoms with Gasteiger partial charge in [0.05, 0.1) is 19.2 Å². The molecule has 33 heavy (non-hydrogen) atoms. The Bertz CT molecular complexity index is 1130. The summed E-state index contributed by atoms with van der Waals surface area (Å²) in [7, 11) is 1.69. The maximum absolute atomic E-state index is 13.1. The minimum atomic E-state index is -0.00952. The third-order valence-electron chi connectivity index (χ3n) is 6.86. The number of nitrogens with one attached hydrogen (secondary N) is 1. The lowest BCUT2D eigenvalue weighted by molar-refractivity contribution is 0.105. The van der Waals surface area contributed by atoms with E-state index in [-0.39, 0.29) is 11.6 Å². The van der Waals surface area contributed by atoms with E-state index >= 15 is 0 Å². The molecule has 4 rings (SSSR count). The molecule has 1 saturated carbocycles. The molecule has 0 saturated heterocycles. The number of tetrazole rings is 1. The average molecular weight is 453 g/mol. The number of pyridine rings is 1. The third kappa shape index (κ3) is 5.17. The van der Waals surface area contributed by atoms with Crippen LogP contribution in [0.2, 0.25) is 0 Å². The summed E-state index contributed by atoms with van der Waals surface area (Å²) >= 11 is 0. The van der Waals surface area contributed by atoms with Crippen LogP contribution in [0.3, 0.4) is 0 Å². The Kier molecular flexibility index (Phi) is 7.55. The highest BCUT2D eigenvalue weighted by Crippen LogP contribution is 2.34. The van der Waals surface area contributed by atoms with Crippen molar-refractivity contribution in [2.75, 3.05) is 13.7 Å². The van der Waals surface area contributed by atoms with Crippen molar-refractivity contribution in [3.8, 4) is 0 Å². The van der Waals surface area contributed by atoms with Crippen molar-refractivity contribution in [2.45, 2.75) is 84.5 Å². The van der Waals surface area contributed by atoms with Gasteiger partial charge >= 0.3 is 0 Å². The van der Waals surface area contributed by atoms with Gasteiger partial charge in [-0.25, -0.2) is 4.68 Å². The Labute approximate surface area is 195 Å². The summed E-state index contributed by atoms with van der Waals surface area (Å²) in [6, 6.07) is 6.78. The summed E-state index contributed by atoms with van der Waals surface area (Å²) in [6.45, 7) is 8.12. The minimum Gasteiger partial charge on any atom is -0.383 e. The minimum absolute atomic E-state index is 0.00952. The highest BCUT2D eigenvalue weighted by atomic mass is 16.5. The third-order valence-corrected chi connectivity index (χ3v) is 6.86. The number of hydrogen-bond acceptors (Lipinski definition) is 6. The number of aryl methyl sites for hydroxylation is 2. The lowest BCUT2D eigenvalue weighted by Gasteiger charge is -2.35. The van der Waals surface area contributed by atoms with Gasteiger partial charge < -0.3 is 9.72 Å². The molecule has 0 spiro atoms. The van der Waals surface area contributed by atoms with Gasteiger partial charge in [0, 0.05) is 36.2 Å². The monoisotopic (exact) mass is 452 g/mol. The molecular weight excluding hydrogens is 416 g/mol. The molecule has 0 unspecified atom stereocenters. The van der Waals surface area contributed by atoms with Crippen LogP contribution in [0.25, 0.3) is 10.9 Å². The topological polar surface area (TPSA) is 88.9 Å². The molecular formula is C25H36N6O2. The molecule has 178 valence electrons. The van der Waals surface area contributed by atoms with Crippen LogP contribution in [0.5, 0.6) is 0 Å². The van der Waals surface area contributed by atoms with Crippen molar-refractivity contribution in [3.63, 3.8) is 0 Å². The smallest absolute Gasteiger partial charge is 0.252 e. The Morgan fingerprint density at radius 1 is 1.24 bits per heavy atom. The molecule has 2 aromatic heterocycles. The SMILES string of the molecule is CCC[C@@H](c1nnnn1CCOC)N(Cc1cc2c(C)cc(C)cc2[nH]c1=O)C1CCCC1. The van der Waals surface area contributed by atoms with E-state index in [1.807, 2.05) is 10.7 Å². The van der Waals surface area contributed by atoms with Crippen LogP contribution < -0.4 is 5.56 Å². The van der Waals surface area contributed by atoms with Crippen LogP contribution in [0.1, 0.15) is 74.0 Å². The fourth-order valence-electron chi connectivity index (χ4n) is 5.26. The first-order valence-electron chi connectivity index (χ1n) is 12.2. The molecule has 1 aliphatic rings. The van der Waals surface area contributed by atoms with Crippen LogP contribution in [0, 0.1) is 13.8 Å². The molecule has 0 amide bonds. The predicted octanol–water partition coefficient (Wildman–Crippen LogP) is 4.06. The van der Waals surface area contributed by atoms with Crippen LogP contribution >= 0.6 is 0 Å². The number of aromatic nitrogens is 5. The van der Waals surface area contributed by atoms with Gasteiger partial charge in [-0.1, -0.05) is 32.3 Å². The van der Waals surface area contributed by atoms with Gasteiger partial charge in [0.2, 0.25) is 0 Å². The second-order valence-electron chi connectivity index (χ2n) is 9.33. The predicted molar refractivity (Wildman–Crippen MR) is 129 cm³/mol. The Balaban J connectivity index is 1.74. The van der Waals surface area contributed by atoms with Gasteiger partial charge in [-0.2, -0.15) is 0 Å². The van der Waals surface area contributed by atoms with Crippen molar-refractivity contribution in [2.24, 2.45) is 0 Å². The number of aromatic amines is 1.